The number of carbonyl (C=O) groups is 5. The van der Waals surface area contributed by atoms with E-state index in [-0.39, 0.29) is 66.3 Å². The number of phosphoric acid groups is 1. The van der Waals surface area contributed by atoms with Gasteiger partial charge in [-0.05, 0) is 91.3 Å². The van der Waals surface area contributed by atoms with Crippen LogP contribution in [0.25, 0.3) is 0 Å². The molecule has 0 aromatic carbocycles. The zero-order valence-electron chi connectivity index (χ0n) is 38.6. The molecule has 4 aliphatic carbocycles. The molecule has 0 amide bonds. The summed E-state index contributed by atoms with van der Waals surface area (Å²) in [7, 11) is -10.2. The zero-order chi connectivity index (χ0) is 47.7. The van der Waals surface area contributed by atoms with E-state index >= 15 is 0 Å². The van der Waals surface area contributed by atoms with E-state index in [0.29, 0.717) is 18.8 Å². The van der Waals surface area contributed by atoms with E-state index < -0.39 is 103 Å². The van der Waals surface area contributed by atoms with Crippen molar-refractivity contribution in [2.45, 2.75) is 182 Å². The maximum atomic E-state index is 14.5. The third kappa shape index (κ3) is 12.4. The molecule has 0 spiro atoms. The lowest BCUT2D eigenvalue weighted by Crippen LogP contribution is -2.62. The molecule has 64 heavy (non-hydrogen) atoms. The van der Waals surface area contributed by atoms with E-state index in [9.17, 15) is 46.4 Å². The molecule has 1 aliphatic heterocycles. The van der Waals surface area contributed by atoms with Crippen LogP contribution in [0.5, 0.6) is 0 Å². The molecule has 5 aliphatic rings. The van der Waals surface area contributed by atoms with Crippen molar-refractivity contribution in [3.63, 3.8) is 0 Å². The first-order valence-corrected chi connectivity index (χ1v) is 25.3. The van der Waals surface area contributed by atoms with Crippen molar-refractivity contribution in [3.8, 4) is 0 Å². The highest BCUT2D eigenvalue weighted by Gasteiger charge is 2.66. The highest BCUT2D eigenvalue weighted by atomic mass is 32.3. The van der Waals surface area contributed by atoms with Crippen LogP contribution >= 0.6 is 7.82 Å². The van der Waals surface area contributed by atoms with Crippen molar-refractivity contribution < 1.29 is 88.1 Å². The molecule has 5 fully saturated rings. The summed E-state index contributed by atoms with van der Waals surface area (Å²) >= 11 is 0. The van der Waals surface area contributed by atoms with Gasteiger partial charge in [-0.3, -0.25) is 37.6 Å². The quantitative estimate of drug-likeness (QED) is 0.0729. The number of phosphoric ester groups is 1. The van der Waals surface area contributed by atoms with Crippen molar-refractivity contribution in [1.82, 2.24) is 0 Å². The Kier molecular flexibility index (Phi) is 16.9. The summed E-state index contributed by atoms with van der Waals surface area (Å²) < 4.78 is 98.7. The Balaban J connectivity index is 1.52. The van der Waals surface area contributed by atoms with Crippen molar-refractivity contribution in [1.29, 1.82) is 0 Å². The van der Waals surface area contributed by atoms with E-state index in [1.807, 2.05) is 0 Å². The van der Waals surface area contributed by atoms with Crippen LogP contribution in [-0.2, 0) is 80.6 Å². The van der Waals surface area contributed by atoms with Crippen LogP contribution < -0.4 is 0 Å². The molecule has 1 heterocycles. The molecule has 19 nitrogen and oxygen atoms in total. The molecule has 4 saturated carbocycles. The Labute approximate surface area is 376 Å². The van der Waals surface area contributed by atoms with Gasteiger partial charge in [-0.15, -0.1) is 0 Å². The average Bonchev–Trinajstić information content (AvgIpc) is 3.43. The molecule has 21 heteroatoms. The minimum Gasteiger partial charge on any atom is -0.463 e. The number of ether oxygens (including phenoxy) is 6. The number of fused-ring (bicyclic) bond motifs is 5. The monoisotopic (exact) mass is 952 g/mol. The summed E-state index contributed by atoms with van der Waals surface area (Å²) in [6.07, 6.45) is -4.72. The summed E-state index contributed by atoms with van der Waals surface area (Å²) in [5.74, 6) is -3.70. The molecule has 0 aromatic heterocycles. The molecule has 0 radical (unpaired) electrons. The maximum Gasteiger partial charge on any atom is 0.474 e. The first kappa shape index (κ1) is 52.3. The van der Waals surface area contributed by atoms with Crippen molar-refractivity contribution in [2.75, 3.05) is 6.61 Å². The fourth-order valence-electron chi connectivity index (χ4n) is 12.6. The fourth-order valence-corrected chi connectivity index (χ4v) is 14.2. The third-order valence-electron chi connectivity index (χ3n) is 14.8. The molecule has 1 unspecified atom stereocenters. The first-order chi connectivity index (χ1) is 29.6. The van der Waals surface area contributed by atoms with Crippen LogP contribution in [0.2, 0.25) is 0 Å². The van der Waals surface area contributed by atoms with Gasteiger partial charge in [0.25, 0.3) is 0 Å². The summed E-state index contributed by atoms with van der Waals surface area (Å²) in [5, 5.41) is 0. The van der Waals surface area contributed by atoms with Crippen LogP contribution in [0.3, 0.4) is 0 Å². The van der Waals surface area contributed by atoms with Gasteiger partial charge in [0.05, 0.1) is 12.2 Å². The maximum absolute atomic E-state index is 14.5. The van der Waals surface area contributed by atoms with Gasteiger partial charge in [0.2, 0.25) is 6.29 Å². The number of rotatable bonds is 17. The molecule has 1 saturated heterocycles. The van der Waals surface area contributed by atoms with Crippen LogP contribution in [0, 0.1) is 52.3 Å². The number of carbonyl (C=O) groups excluding carboxylic acids is 5. The van der Waals surface area contributed by atoms with Gasteiger partial charge >= 0.3 is 48.1 Å². The van der Waals surface area contributed by atoms with Gasteiger partial charge in [-0.1, -0.05) is 53.9 Å². The van der Waals surface area contributed by atoms with Crippen LogP contribution in [0.1, 0.15) is 133 Å². The van der Waals surface area contributed by atoms with Crippen LogP contribution in [0.4, 0.5) is 0 Å². The van der Waals surface area contributed by atoms with E-state index in [1.165, 1.54) is 6.92 Å². The highest BCUT2D eigenvalue weighted by Crippen LogP contribution is 2.70. The van der Waals surface area contributed by atoms with Crippen molar-refractivity contribution in [2.24, 2.45) is 52.3 Å². The fraction of sp³-hybridized carbons (Fsp3) is 0.884. The van der Waals surface area contributed by atoms with Gasteiger partial charge < -0.3 is 33.3 Å². The Bertz CT molecular complexity index is 1880. The Morgan fingerprint density at radius 1 is 0.719 bits per heavy atom. The molecular weight excluding hydrogens is 883 g/mol. The first-order valence-electron chi connectivity index (χ1n) is 22.5. The predicted octanol–water partition coefficient (Wildman–Crippen LogP) is 6.03. The molecule has 2 N–H and O–H groups in total. The van der Waals surface area contributed by atoms with Gasteiger partial charge in [0.15, 0.2) is 18.3 Å². The topological polar surface area (TPSA) is 260 Å². The van der Waals surface area contributed by atoms with Crippen LogP contribution in [0.15, 0.2) is 0 Å². The summed E-state index contributed by atoms with van der Waals surface area (Å²) in [5.41, 5.74) is -0.869. The predicted molar refractivity (Wildman–Crippen MR) is 224 cm³/mol. The highest BCUT2D eigenvalue weighted by molar-refractivity contribution is 7.80. The number of hydrogen-bond donors (Lipinski definition) is 2. The van der Waals surface area contributed by atoms with Crippen molar-refractivity contribution >= 4 is 48.1 Å². The summed E-state index contributed by atoms with van der Waals surface area (Å²) in [4.78, 5) is 73.4. The SMILES string of the molecule is CC(=O)OC[C@H]1O[C@@H](OP(=O)(O)O[C@H]2C[C@@H]3[C@H](CC[C@]4(C)[C@@H]([C@H](C)CCCC(C)C)[C@@H](OC(C)=O)C[C@@H]34)[C@@]3(C)CC[C@H](OS(=O)(=O)O)C[C@H]23)[C@H](OC(C)=O)[C@@H](OC(C)=O)[C@@H]1OC(C)=O. The van der Waals surface area contributed by atoms with Gasteiger partial charge in [0, 0.05) is 40.5 Å². The average molecular weight is 953 g/mol. The minimum absolute atomic E-state index is 0.00238. The molecule has 366 valence electrons. The summed E-state index contributed by atoms with van der Waals surface area (Å²) in [6.45, 7) is 16.0. The van der Waals surface area contributed by atoms with E-state index in [2.05, 4.69) is 34.6 Å². The Hall–Kier alpha value is -2.71. The van der Waals surface area contributed by atoms with Gasteiger partial charge in [0.1, 0.15) is 18.8 Å². The second-order valence-electron chi connectivity index (χ2n) is 19.7. The minimum atomic E-state index is -5.36. The second kappa shape index (κ2) is 20.7. The molecule has 0 aromatic rings. The van der Waals surface area contributed by atoms with Gasteiger partial charge in [-0.25, -0.2) is 8.75 Å². The number of esters is 5. The second-order valence-corrected chi connectivity index (χ2v) is 22.1. The van der Waals surface area contributed by atoms with Gasteiger partial charge in [-0.2, -0.15) is 8.42 Å². The normalized spacial score (nSPS) is 38.6. The van der Waals surface area contributed by atoms with Crippen molar-refractivity contribution in [3.05, 3.63) is 0 Å². The molecule has 17 atom stereocenters. The lowest BCUT2D eigenvalue weighted by Gasteiger charge is -2.62. The lowest BCUT2D eigenvalue weighted by atomic mass is 9.43. The smallest absolute Gasteiger partial charge is 0.463 e. The van der Waals surface area contributed by atoms with E-state index in [4.69, 9.17) is 41.7 Å². The standard InChI is InChI=1S/C43H69O19PS/c1-22(2)12-11-13-23(3)37-35(55-25(5)45)20-32-30-19-34(33-18-29(62-64(51,52)53)14-16-42(33,9)31(30)15-17-43(32,37)10)60-63(49,50)61-41-40(58-28(8)48)39(57-27(7)47)38(56-26(6)46)36(59-41)21-54-24(4)44/h22-23,29-41H,11-21H2,1-10H3,(H,49,50)(H,51,52,53)/t23-,29+,30-,31+,32+,33-,34+,35+,36-,37+,38-,39+,40-,41+,42-,43+/m1/s1. The zero-order valence-corrected chi connectivity index (χ0v) is 40.3. The Morgan fingerprint density at radius 3 is 1.89 bits per heavy atom. The molecule has 5 rings (SSSR count). The summed E-state index contributed by atoms with van der Waals surface area (Å²) in [6, 6.07) is 0. The largest absolute Gasteiger partial charge is 0.474 e. The van der Waals surface area contributed by atoms with Crippen LogP contribution in [-0.4, -0.2) is 103 Å². The molecule has 0 bridgehead atoms. The Morgan fingerprint density at radius 2 is 1.31 bits per heavy atom. The lowest BCUT2D eigenvalue weighted by molar-refractivity contribution is -0.292. The number of hydrogen-bond acceptors (Lipinski definition) is 17. The van der Waals surface area contributed by atoms with E-state index in [0.717, 1.165) is 59.8 Å². The van der Waals surface area contributed by atoms with E-state index in [1.54, 1.807) is 0 Å². The third-order valence-corrected chi connectivity index (χ3v) is 16.3. The molecular formula is C43H69O19PS.